The Labute approximate surface area is 153 Å². The lowest BCUT2D eigenvalue weighted by Crippen LogP contribution is -2.39. The molecule has 0 saturated carbocycles. The molecule has 26 heavy (non-hydrogen) atoms. The lowest BCUT2D eigenvalue weighted by Gasteiger charge is -2.30. The fourth-order valence-corrected chi connectivity index (χ4v) is 3.25. The molecule has 1 heterocycles. The summed E-state index contributed by atoms with van der Waals surface area (Å²) in [6.45, 7) is 6.08. The van der Waals surface area contributed by atoms with Crippen molar-refractivity contribution in [1.82, 2.24) is 5.01 Å². The van der Waals surface area contributed by atoms with Gasteiger partial charge in [-0.2, -0.15) is 15.2 Å². The number of phenols is 1. The van der Waals surface area contributed by atoms with Gasteiger partial charge >= 0.3 is 5.97 Å². The van der Waals surface area contributed by atoms with Crippen LogP contribution in [0.2, 0.25) is 0 Å². The van der Waals surface area contributed by atoms with Crippen LogP contribution in [0.25, 0.3) is 0 Å². The van der Waals surface area contributed by atoms with Crippen molar-refractivity contribution < 1.29 is 15.0 Å². The predicted molar refractivity (Wildman–Crippen MR) is 103 cm³/mol. The first kappa shape index (κ1) is 18.2. The Balaban J connectivity index is 2.07. The number of hydrazone groups is 1. The predicted octanol–water partition coefficient (Wildman–Crippen LogP) is 3.22. The number of benzene rings is 1. The number of nitrogens with zero attached hydrogens (tertiary/aromatic N) is 3. The van der Waals surface area contributed by atoms with Crippen LogP contribution >= 0.6 is 0 Å². The summed E-state index contributed by atoms with van der Waals surface area (Å²) in [5.41, 5.74) is 2.85. The number of aliphatic carboxylic acids is 1. The second-order valence-corrected chi connectivity index (χ2v) is 7.73. The van der Waals surface area contributed by atoms with Gasteiger partial charge in [0.1, 0.15) is 11.4 Å². The largest absolute Gasteiger partial charge is 0.505 e. The summed E-state index contributed by atoms with van der Waals surface area (Å²) in [6.07, 6.45) is 8.38. The third-order valence-electron chi connectivity index (χ3n) is 4.69. The molecule has 0 fully saturated rings. The molecule has 0 bridgehead atoms. The van der Waals surface area contributed by atoms with Crippen LogP contribution in [0.15, 0.2) is 41.5 Å². The van der Waals surface area contributed by atoms with E-state index in [1.165, 1.54) is 0 Å². The number of likely N-dealkylation sites (N-methyl/N-ethyl adjacent to an activating group) is 1. The number of carboxylic acids is 1. The highest BCUT2D eigenvalue weighted by molar-refractivity contribution is 6.03. The maximum atomic E-state index is 11.0. The molecular formula is C20H25N3O3. The minimum atomic E-state index is -0.836. The molecule has 1 aromatic rings. The zero-order valence-corrected chi connectivity index (χ0v) is 15.6. The van der Waals surface area contributed by atoms with Crippen molar-refractivity contribution >= 4 is 17.4 Å². The van der Waals surface area contributed by atoms with Gasteiger partial charge in [0.05, 0.1) is 11.8 Å². The molecule has 6 heteroatoms. The molecule has 0 spiro atoms. The Morgan fingerprint density at radius 2 is 2.00 bits per heavy atom. The number of allylic oxidation sites excluding steroid dienone is 2. The summed E-state index contributed by atoms with van der Waals surface area (Å²) in [4.78, 5) is 11.0. The molecule has 0 amide bonds. The summed E-state index contributed by atoms with van der Waals surface area (Å²) >= 11 is 0. The molecule has 1 aliphatic heterocycles. The van der Waals surface area contributed by atoms with E-state index in [0.717, 1.165) is 16.8 Å². The summed E-state index contributed by atoms with van der Waals surface area (Å²) in [6, 6.07) is 3.76. The summed E-state index contributed by atoms with van der Waals surface area (Å²) in [5.74, 6) is -0.656. The molecule has 0 saturated heterocycles. The quantitative estimate of drug-likeness (QED) is 0.867. The maximum absolute atomic E-state index is 11.0. The fraction of sp³-hybridized carbons (Fsp3) is 0.400. The minimum Gasteiger partial charge on any atom is -0.505 e. The summed E-state index contributed by atoms with van der Waals surface area (Å²) in [7, 11) is 1.92. The number of anilines is 1. The molecular weight excluding hydrogens is 330 g/mol. The molecule has 0 aromatic heterocycles. The van der Waals surface area contributed by atoms with Crippen molar-refractivity contribution in [1.29, 1.82) is 0 Å². The third-order valence-corrected chi connectivity index (χ3v) is 4.69. The van der Waals surface area contributed by atoms with E-state index < -0.39 is 5.97 Å². The van der Waals surface area contributed by atoms with E-state index in [0.29, 0.717) is 12.1 Å². The zero-order valence-electron chi connectivity index (χ0n) is 15.6. The molecule has 1 atom stereocenters. The van der Waals surface area contributed by atoms with Gasteiger partial charge in [0.25, 0.3) is 0 Å². The number of carbonyl (C=O) groups is 1. The maximum Gasteiger partial charge on any atom is 0.303 e. The SMILES string of the molecule is CN1C2C=CC=CC2=NN1c1cc(CCC(=O)O)cc(C(C)(C)C)c1O. The number of hydrazine groups is 1. The van der Waals surface area contributed by atoms with E-state index in [9.17, 15) is 9.90 Å². The summed E-state index contributed by atoms with van der Waals surface area (Å²) < 4.78 is 0. The minimum absolute atomic E-state index is 0.0279. The first-order valence-electron chi connectivity index (χ1n) is 8.73. The van der Waals surface area contributed by atoms with Crippen LogP contribution in [0.3, 0.4) is 0 Å². The van der Waals surface area contributed by atoms with Gasteiger partial charge in [-0.15, -0.1) is 0 Å². The number of hydrogen-bond donors (Lipinski definition) is 2. The van der Waals surface area contributed by atoms with Crippen LogP contribution in [0.4, 0.5) is 5.69 Å². The molecule has 138 valence electrons. The van der Waals surface area contributed by atoms with Crippen molar-refractivity contribution in [2.75, 3.05) is 12.2 Å². The molecule has 1 aromatic carbocycles. The number of aromatic hydroxyl groups is 1. The van der Waals surface area contributed by atoms with Crippen LogP contribution in [-0.4, -0.2) is 40.0 Å². The average Bonchev–Trinajstić information content (AvgIpc) is 2.90. The number of aryl methyl sites for hydroxylation is 1. The van der Waals surface area contributed by atoms with Gasteiger partial charge in [-0.1, -0.05) is 45.1 Å². The zero-order chi connectivity index (χ0) is 19.1. The Kier molecular flexibility index (Phi) is 4.63. The second kappa shape index (κ2) is 6.61. The van der Waals surface area contributed by atoms with E-state index in [1.807, 2.05) is 63.2 Å². The van der Waals surface area contributed by atoms with Crippen molar-refractivity contribution in [2.45, 2.75) is 45.1 Å². The number of rotatable bonds is 4. The van der Waals surface area contributed by atoms with Gasteiger partial charge in [0, 0.05) is 19.0 Å². The molecule has 3 rings (SSSR count). The molecule has 0 radical (unpaired) electrons. The standard InChI is InChI=1S/C20H25N3O3/c1-20(2,3)14-11-13(9-10-18(24)25)12-17(19(14)26)23-21-15-7-5-6-8-16(15)22(23)4/h5-8,11-12,16,26H,9-10H2,1-4H3,(H,24,25). The third kappa shape index (κ3) is 3.37. The second-order valence-electron chi connectivity index (χ2n) is 7.73. The Morgan fingerprint density at radius 1 is 1.27 bits per heavy atom. The van der Waals surface area contributed by atoms with E-state index in [1.54, 1.807) is 5.12 Å². The lowest BCUT2D eigenvalue weighted by atomic mass is 9.84. The van der Waals surface area contributed by atoms with Crippen LogP contribution in [0.1, 0.15) is 38.3 Å². The van der Waals surface area contributed by atoms with Crippen LogP contribution in [0, 0.1) is 0 Å². The molecule has 1 aliphatic carbocycles. The van der Waals surface area contributed by atoms with Crippen molar-refractivity contribution in [3.8, 4) is 5.75 Å². The number of hydrogen-bond acceptors (Lipinski definition) is 5. The fourth-order valence-electron chi connectivity index (χ4n) is 3.25. The van der Waals surface area contributed by atoms with Crippen molar-refractivity contribution in [3.05, 3.63) is 47.6 Å². The Hall–Kier alpha value is -2.60. The highest BCUT2D eigenvalue weighted by Gasteiger charge is 2.33. The first-order chi connectivity index (χ1) is 12.2. The van der Waals surface area contributed by atoms with Crippen LogP contribution < -0.4 is 5.12 Å². The first-order valence-corrected chi connectivity index (χ1v) is 8.73. The topological polar surface area (TPSA) is 76.4 Å². The van der Waals surface area contributed by atoms with Crippen molar-refractivity contribution in [2.24, 2.45) is 5.10 Å². The molecule has 2 N–H and O–H groups in total. The van der Waals surface area contributed by atoms with Crippen molar-refractivity contribution in [3.63, 3.8) is 0 Å². The van der Waals surface area contributed by atoms with Crippen LogP contribution in [-0.2, 0) is 16.6 Å². The number of fused-ring (bicyclic) bond motifs is 1. The smallest absolute Gasteiger partial charge is 0.303 e. The molecule has 2 aliphatic rings. The van der Waals surface area contributed by atoms with Gasteiger partial charge in [-0.25, -0.2) is 0 Å². The Morgan fingerprint density at radius 3 is 2.62 bits per heavy atom. The monoisotopic (exact) mass is 355 g/mol. The van der Waals surface area contributed by atoms with Gasteiger partial charge in [-0.3, -0.25) is 4.79 Å². The highest BCUT2D eigenvalue weighted by atomic mass is 16.4. The van der Waals surface area contributed by atoms with Gasteiger partial charge in [0.15, 0.2) is 0 Å². The number of carboxylic acid groups (broad SMARTS) is 1. The average molecular weight is 355 g/mol. The molecule has 6 nitrogen and oxygen atoms in total. The van der Waals surface area contributed by atoms with E-state index >= 15 is 0 Å². The van der Waals surface area contributed by atoms with E-state index in [2.05, 4.69) is 11.2 Å². The van der Waals surface area contributed by atoms with E-state index in [-0.39, 0.29) is 23.6 Å². The Bertz CT molecular complexity index is 818. The van der Waals surface area contributed by atoms with E-state index in [4.69, 9.17) is 5.11 Å². The summed E-state index contributed by atoms with van der Waals surface area (Å²) in [5, 5.41) is 28.3. The van der Waals surface area contributed by atoms with Crippen LogP contribution in [0.5, 0.6) is 5.75 Å². The highest BCUT2D eigenvalue weighted by Crippen LogP contribution is 2.41. The van der Waals surface area contributed by atoms with Gasteiger partial charge in [-0.05, 0) is 29.5 Å². The molecule has 1 unspecified atom stereocenters. The lowest BCUT2D eigenvalue weighted by molar-refractivity contribution is -0.136. The number of phenolic OH excluding ortho intramolecular Hbond substituents is 1. The van der Waals surface area contributed by atoms with Gasteiger partial charge in [0.2, 0.25) is 0 Å². The normalized spacial score (nSPS) is 19.6. The van der Waals surface area contributed by atoms with Gasteiger partial charge < -0.3 is 10.2 Å².